The number of hydrogen-bond donors (Lipinski definition) is 2. The number of benzene rings is 2. The van der Waals surface area contributed by atoms with Crippen LogP contribution in [0.4, 0.5) is 15.9 Å². The number of nitrogens with zero attached hydrogens (tertiary/aromatic N) is 3. The standard InChI is InChI=1S/C21H18FN5O/c1-27-21-19(20(23)26-27)17(9-10-24-21)14-5-7-16(8-6-14)25-18(28)12-13-3-2-4-15(22)11-13/h2-11H,12H2,1H3,(H2,23,26)(H,25,28). The van der Waals surface area contributed by atoms with E-state index in [-0.39, 0.29) is 18.1 Å². The number of nitrogens with one attached hydrogen (secondary N) is 1. The third-order valence-electron chi connectivity index (χ3n) is 4.48. The summed E-state index contributed by atoms with van der Waals surface area (Å²) in [6.07, 6.45) is 1.82. The minimum absolute atomic E-state index is 0.108. The van der Waals surface area contributed by atoms with Gasteiger partial charge in [0.1, 0.15) is 5.82 Å². The van der Waals surface area contributed by atoms with Crippen LogP contribution in [0.3, 0.4) is 0 Å². The highest BCUT2D eigenvalue weighted by Gasteiger charge is 2.13. The van der Waals surface area contributed by atoms with Crippen LogP contribution in [0.15, 0.2) is 60.8 Å². The molecule has 0 unspecified atom stereocenters. The van der Waals surface area contributed by atoms with Crippen molar-refractivity contribution in [3.63, 3.8) is 0 Å². The Hall–Kier alpha value is -3.74. The lowest BCUT2D eigenvalue weighted by Crippen LogP contribution is -2.14. The summed E-state index contributed by atoms with van der Waals surface area (Å²) in [5.74, 6) is -0.137. The van der Waals surface area contributed by atoms with Crippen molar-refractivity contribution in [1.82, 2.24) is 14.8 Å². The maximum Gasteiger partial charge on any atom is 0.228 e. The molecule has 0 bridgehead atoms. The number of anilines is 2. The molecule has 4 aromatic rings. The van der Waals surface area contributed by atoms with Gasteiger partial charge in [-0.25, -0.2) is 14.1 Å². The van der Waals surface area contributed by atoms with E-state index in [1.54, 1.807) is 30.1 Å². The van der Waals surface area contributed by atoms with Gasteiger partial charge in [-0.05, 0) is 47.0 Å². The van der Waals surface area contributed by atoms with E-state index in [1.165, 1.54) is 12.1 Å². The van der Waals surface area contributed by atoms with E-state index in [0.717, 1.165) is 16.5 Å². The maximum absolute atomic E-state index is 13.2. The van der Waals surface area contributed by atoms with Crippen molar-refractivity contribution in [3.05, 3.63) is 72.2 Å². The summed E-state index contributed by atoms with van der Waals surface area (Å²) in [5.41, 5.74) is 9.90. The molecule has 3 N–H and O–H groups in total. The van der Waals surface area contributed by atoms with Crippen molar-refractivity contribution in [1.29, 1.82) is 0 Å². The van der Waals surface area contributed by atoms with Crippen LogP contribution < -0.4 is 11.1 Å². The van der Waals surface area contributed by atoms with Crippen LogP contribution in [0, 0.1) is 5.82 Å². The minimum atomic E-state index is -0.354. The summed E-state index contributed by atoms with van der Waals surface area (Å²) in [5, 5.41) is 7.85. The largest absolute Gasteiger partial charge is 0.382 e. The molecule has 1 amide bonds. The van der Waals surface area contributed by atoms with Crippen LogP contribution in [0.5, 0.6) is 0 Å². The van der Waals surface area contributed by atoms with Gasteiger partial charge in [0.15, 0.2) is 11.5 Å². The number of nitrogens with two attached hydrogens (primary N) is 1. The third kappa shape index (κ3) is 3.42. The molecule has 0 aliphatic heterocycles. The van der Waals surface area contributed by atoms with Gasteiger partial charge < -0.3 is 11.1 Å². The first-order chi connectivity index (χ1) is 13.5. The summed E-state index contributed by atoms with van der Waals surface area (Å²) >= 11 is 0. The summed E-state index contributed by atoms with van der Waals surface area (Å²) in [6.45, 7) is 0. The van der Waals surface area contributed by atoms with Crippen LogP contribution in [0.25, 0.3) is 22.2 Å². The lowest BCUT2D eigenvalue weighted by Gasteiger charge is -2.08. The number of halogens is 1. The van der Waals surface area contributed by atoms with Crippen LogP contribution in [-0.2, 0) is 18.3 Å². The Morgan fingerprint density at radius 1 is 1.18 bits per heavy atom. The molecule has 2 aromatic carbocycles. The van der Waals surface area contributed by atoms with Gasteiger partial charge in [-0.3, -0.25) is 4.79 Å². The van der Waals surface area contributed by atoms with Crippen LogP contribution in [-0.4, -0.2) is 20.7 Å². The maximum atomic E-state index is 13.2. The Bertz CT molecular complexity index is 1170. The van der Waals surface area contributed by atoms with E-state index in [1.807, 2.05) is 30.3 Å². The predicted octanol–water partition coefficient (Wildman–Crippen LogP) is 3.54. The van der Waals surface area contributed by atoms with Crippen molar-refractivity contribution in [2.75, 3.05) is 11.1 Å². The number of hydrogen-bond acceptors (Lipinski definition) is 4. The lowest BCUT2D eigenvalue weighted by atomic mass is 10.0. The first-order valence-corrected chi connectivity index (χ1v) is 8.73. The SMILES string of the molecule is Cn1nc(N)c2c(-c3ccc(NC(=O)Cc4cccc(F)c4)cc3)ccnc21. The average Bonchev–Trinajstić information content (AvgIpc) is 2.96. The smallest absolute Gasteiger partial charge is 0.228 e. The van der Waals surface area contributed by atoms with Gasteiger partial charge in [0, 0.05) is 18.9 Å². The number of nitrogen functional groups attached to an aromatic ring is 1. The number of pyridine rings is 1. The fraction of sp³-hybridized carbons (Fsp3) is 0.0952. The van der Waals surface area contributed by atoms with Crippen molar-refractivity contribution in [2.45, 2.75) is 6.42 Å². The molecule has 0 aliphatic carbocycles. The molecule has 0 radical (unpaired) electrons. The second-order valence-electron chi connectivity index (χ2n) is 6.50. The fourth-order valence-electron chi connectivity index (χ4n) is 3.22. The van der Waals surface area contributed by atoms with E-state index in [9.17, 15) is 9.18 Å². The second-order valence-corrected chi connectivity index (χ2v) is 6.50. The van der Waals surface area contributed by atoms with Gasteiger partial charge in [-0.2, -0.15) is 5.10 Å². The molecule has 4 rings (SSSR count). The highest BCUT2D eigenvalue weighted by Crippen LogP contribution is 2.31. The topological polar surface area (TPSA) is 85.8 Å². The number of carbonyl (C=O) groups excluding carboxylic acids is 1. The van der Waals surface area contributed by atoms with E-state index < -0.39 is 0 Å². The lowest BCUT2D eigenvalue weighted by molar-refractivity contribution is -0.115. The zero-order chi connectivity index (χ0) is 19.7. The van der Waals surface area contributed by atoms with Gasteiger partial charge in [0.2, 0.25) is 5.91 Å². The van der Waals surface area contributed by atoms with Gasteiger partial charge in [-0.15, -0.1) is 0 Å². The third-order valence-corrected chi connectivity index (χ3v) is 4.48. The van der Waals surface area contributed by atoms with Crippen molar-refractivity contribution < 1.29 is 9.18 Å². The fourth-order valence-corrected chi connectivity index (χ4v) is 3.22. The summed E-state index contributed by atoms with van der Waals surface area (Å²) < 4.78 is 14.9. The van der Waals surface area contributed by atoms with Crippen molar-refractivity contribution in [3.8, 4) is 11.1 Å². The van der Waals surface area contributed by atoms with Gasteiger partial charge >= 0.3 is 0 Å². The Kier molecular flexibility index (Phi) is 4.49. The highest BCUT2D eigenvalue weighted by atomic mass is 19.1. The Balaban J connectivity index is 1.54. The predicted molar refractivity (Wildman–Crippen MR) is 107 cm³/mol. The van der Waals surface area contributed by atoms with Gasteiger partial charge in [0.25, 0.3) is 0 Å². The Labute approximate surface area is 160 Å². The molecule has 140 valence electrons. The summed E-state index contributed by atoms with van der Waals surface area (Å²) in [6, 6.07) is 15.3. The molecular weight excluding hydrogens is 357 g/mol. The molecule has 0 aliphatic rings. The Morgan fingerprint density at radius 3 is 2.71 bits per heavy atom. The molecule has 0 saturated carbocycles. The van der Waals surface area contributed by atoms with Crippen LogP contribution in [0.2, 0.25) is 0 Å². The number of aryl methyl sites for hydroxylation is 1. The van der Waals surface area contributed by atoms with Gasteiger partial charge in [-0.1, -0.05) is 24.3 Å². The van der Waals surface area contributed by atoms with Crippen molar-refractivity contribution >= 4 is 28.4 Å². The number of rotatable bonds is 4. The second kappa shape index (κ2) is 7.11. The zero-order valence-corrected chi connectivity index (χ0v) is 15.2. The quantitative estimate of drug-likeness (QED) is 0.571. The minimum Gasteiger partial charge on any atom is -0.382 e. The first-order valence-electron chi connectivity index (χ1n) is 8.73. The summed E-state index contributed by atoms with van der Waals surface area (Å²) in [7, 11) is 1.80. The molecule has 6 nitrogen and oxygen atoms in total. The van der Waals surface area contributed by atoms with E-state index in [0.29, 0.717) is 22.7 Å². The van der Waals surface area contributed by atoms with Crippen LogP contribution >= 0.6 is 0 Å². The number of aromatic nitrogens is 3. The van der Waals surface area contributed by atoms with E-state index >= 15 is 0 Å². The molecule has 28 heavy (non-hydrogen) atoms. The average molecular weight is 375 g/mol. The van der Waals surface area contributed by atoms with E-state index in [2.05, 4.69) is 15.4 Å². The summed E-state index contributed by atoms with van der Waals surface area (Å²) in [4.78, 5) is 16.5. The molecule has 2 heterocycles. The normalized spacial score (nSPS) is 10.9. The monoisotopic (exact) mass is 375 g/mol. The van der Waals surface area contributed by atoms with Crippen LogP contribution in [0.1, 0.15) is 5.56 Å². The molecule has 0 atom stereocenters. The number of fused-ring (bicyclic) bond motifs is 1. The molecule has 0 fully saturated rings. The van der Waals surface area contributed by atoms with Gasteiger partial charge in [0.05, 0.1) is 11.8 Å². The molecular formula is C21H18FN5O. The molecule has 7 heteroatoms. The highest BCUT2D eigenvalue weighted by molar-refractivity contribution is 6.00. The first kappa shape index (κ1) is 17.7. The molecule has 0 saturated heterocycles. The number of carbonyl (C=O) groups is 1. The zero-order valence-electron chi connectivity index (χ0n) is 15.2. The van der Waals surface area contributed by atoms with E-state index in [4.69, 9.17) is 5.73 Å². The number of amides is 1. The Morgan fingerprint density at radius 2 is 1.96 bits per heavy atom. The molecule has 0 spiro atoms. The van der Waals surface area contributed by atoms with Crippen molar-refractivity contribution in [2.24, 2.45) is 7.05 Å². The molecule has 2 aromatic heterocycles.